The molecule has 3 rings (SSSR count). The van der Waals surface area contributed by atoms with Crippen LogP contribution in [0.4, 0.5) is 0 Å². The molecule has 2 aromatic rings. The van der Waals surface area contributed by atoms with Crippen molar-refractivity contribution >= 4 is 17.9 Å². The molecule has 1 aliphatic rings. The van der Waals surface area contributed by atoms with Gasteiger partial charge < -0.3 is 10.6 Å². The van der Waals surface area contributed by atoms with Gasteiger partial charge in [0.05, 0.1) is 6.04 Å². The normalized spacial score (nSPS) is 16.3. The number of amides is 1. The monoisotopic (exact) mass is 383 g/mol. The molecule has 2 aromatic carbocycles. The smallest absolute Gasteiger partial charge is 0.240 e. The molecule has 27 heavy (non-hydrogen) atoms. The Morgan fingerprint density at radius 2 is 1.85 bits per heavy atom. The molecule has 1 fully saturated rings. The summed E-state index contributed by atoms with van der Waals surface area (Å²) in [6.07, 6.45) is 3.22. The number of carbonyl (C=O) groups excluding carboxylic acids is 1. The minimum Gasteiger partial charge on any atom is -0.341 e. The van der Waals surface area contributed by atoms with E-state index in [1.807, 2.05) is 30.0 Å². The zero-order chi connectivity index (χ0) is 19.1. The van der Waals surface area contributed by atoms with Gasteiger partial charge in [0.25, 0.3) is 0 Å². The van der Waals surface area contributed by atoms with Crippen molar-refractivity contribution in [3.8, 4) is 11.1 Å². The second kappa shape index (κ2) is 9.93. The van der Waals surface area contributed by atoms with E-state index in [2.05, 4.69) is 41.1 Å². The van der Waals surface area contributed by atoms with Gasteiger partial charge in [-0.25, -0.2) is 4.72 Å². The predicted molar refractivity (Wildman–Crippen MR) is 113 cm³/mol. The van der Waals surface area contributed by atoms with Gasteiger partial charge in [0, 0.05) is 18.0 Å². The van der Waals surface area contributed by atoms with Crippen LogP contribution in [0.15, 0.2) is 59.5 Å². The van der Waals surface area contributed by atoms with Crippen LogP contribution in [-0.4, -0.2) is 36.5 Å². The molecule has 0 aliphatic carbocycles. The Hall–Kier alpha value is -1.82. The van der Waals surface area contributed by atoms with Gasteiger partial charge in [-0.05, 0) is 73.9 Å². The van der Waals surface area contributed by atoms with Gasteiger partial charge in [-0.15, -0.1) is 0 Å². The standard InChI is InChI=1S/C22H29N3OS/c1-17(22(26)25-14-11-18(10-13-23)12-15-25)24-27-21-9-5-8-20(16-21)19-6-3-2-4-7-19/h2-9,16-18,24H,10-15,23H2,1H3. The molecule has 0 aromatic heterocycles. The fourth-order valence-corrected chi connectivity index (χ4v) is 4.27. The maximum atomic E-state index is 12.7. The molecule has 1 saturated heterocycles. The van der Waals surface area contributed by atoms with Crippen LogP contribution in [0.1, 0.15) is 26.2 Å². The number of rotatable bonds is 7. The Kier molecular flexibility index (Phi) is 7.33. The Bertz CT molecular complexity index is 729. The lowest BCUT2D eigenvalue weighted by Crippen LogP contribution is -2.46. The van der Waals surface area contributed by atoms with Crippen molar-refractivity contribution in [1.29, 1.82) is 0 Å². The first kappa shape index (κ1) is 19.9. The van der Waals surface area contributed by atoms with Crippen molar-refractivity contribution in [2.75, 3.05) is 19.6 Å². The number of nitrogens with zero attached hydrogens (tertiary/aromatic N) is 1. The van der Waals surface area contributed by atoms with Crippen LogP contribution in [-0.2, 0) is 4.79 Å². The molecule has 1 unspecified atom stereocenters. The van der Waals surface area contributed by atoms with Crippen LogP contribution in [0.3, 0.4) is 0 Å². The third kappa shape index (κ3) is 5.58. The largest absolute Gasteiger partial charge is 0.341 e. The molecular weight excluding hydrogens is 354 g/mol. The summed E-state index contributed by atoms with van der Waals surface area (Å²) in [7, 11) is 0. The Labute approximate surface area is 166 Å². The third-order valence-corrected chi connectivity index (χ3v) is 6.13. The van der Waals surface area contributed by atoms with Crippen molar-refractivity contribution in [2.45, 2.75) is 37.1 Å². The molecular formula is C22H29N3OS. The molecule has 0 saturated carbocycles. The highest BCUT2D eigenvalue weighted by Gasteiger charge is 2.25. The van der Waals surface area contributed by atoms with Gasteiger partial charge in [0.2, 0.25) is 5.91 Å². The fourth-order valence-electron chi connectivity index (χ4n) is 3.53. The Morgan fingerprint density at radius 3 is 2.56 bits per heavy atom. The van der Waals surface area contributed by atoms with E-state index in [-0.39, 0.29) is 11.9 Å². The zero-order valence-corrected chi connectivity index (χ0v) is 16.8. The highest BCUT2D eigenvalue weighted by Crippen LogP contribution is 2.25. The van der Waals surface area contributed by atoms with E-state index >= 15 is 0 Å². The quantitative estimate of drug-likeness (QED) is 0.712. The van der Waals surface area contributed by atoms with Crippen LogP contribution in [0.2, 0.25) is 0 Å². The minimum absolute atomic E-state index is 0.188. The van der Waals surface area contributed by atoms with E-state index in [1.54, 1.807) is 0 Å². The number of piperidine rings is 1. The van der Waals surface area contributed by atoms with Crippen LogP contribution >= 0.6 is 11.9 Å². The summed E-state index contributed by atoms with van der Waals surface area (Å²) < 4.78 is 3.32. The van der Waals surface area contributed by atoms with Gasteiger partial charge in [-0.2, -0.15) is 0 Å². The van der Waals surface area contributed by atoms with Gasteiger partial charge in [0.1, 0.15) is 0 Å². The van der Waals surface area contributed by atoms with Crippen LogP contribution < -0.4 is 10.5 Å². The summed E-state index contributed by atoms with van der Waals surface area (Å²) in [5, 5.41) is 0. The summed E-state index contributed by atoms with van der Waals surface area (Å²) in [5.74, 6) is 0.866. The highest BCUT2D eigenvalue weighted by molar-refractivity contribution is 7.97. The van der Waals surface area contributed by atoms with Crippen molar-refractivity contribution in [2.24, 2.45) is 11.7 Å². The first-order valence-electron chi connectivity index (χ1n) is 9.74. The molecule has 3 N–H and O–H groups in total. The SMILES string of the molecule is CC(NSc1cccc(-c2ccccc2)c1)C(=O)N1CCC(CCN)CC1. The molecule has 1 heterocycles. The van der Waals surface area contributed by atoms with E-state index in [4.69, 9.17) is 5.73 Å². The molecule has 1 amide bonds. The van der Waals surface area contributed by atoms with Gasteiger partial charge in [-0.1, -0.05) is 42.5 Å². The Balaban J connectivity index is 1.52. The van der Waals surface area contributed by atoms with Crippen molar-refractivity contribution in [1.82, 2.24) is 9.62 Å². The average Bonchev–Trinajstić information content (AvgIpc) is 2.73. The van der Waals surface area contributed by atoms with Crippen molar-refractivity contribution < 1.29 is 4.79 Å². The van der Waals surface area contributed by atoms with Crippen LogP contribution in [0.5, 0.6) is 0 Å². The van der Waals surface area contributed by atoms with Gasteiger partial charge in [-0.3, -0.25) is 4.79 Å². The molecule has 1 atom stereocenters. The topological polar surface area (TPSA) is 58.4 Å². The summed E-state index contributed by atoms with van der Waals surface area (Å²) >= 11 is 1.52. The number of hydrogen-bond acceptors (Lipinski definition) is 4. The maximum absolute atomic E-state index is 12.7. The van der Waals surface area contributed by atoms with E-state index in [9.17, 15) is 4.79 Å². The predicted octanol–water partition coefficient (Wildman–Crippen LogP) is 3.93. The van der Waals surface area contributed by atoms with E-state index in [0.717, 1.165) is 43.8 Å². The molecule has 0 bridgehead atoms. The molecule has 4 nitrogen and oxygen atoms in total. The number of nitrogens with two attached hydrogens (primary N) is 1. The number of carbonyl (C=O) groups is 1. The first-order chi connectivity index (χ1) is 13.2. The molecule has 0 radical (unpaired) electrons. The Morgan fingerprint density at radius 1 is 1.15 bits per heavy atom. The molecule has 5 heteroatoms. The number of hydrogen-bond donors (Lipinski definition) is 2. The second-order valence-electron chi connectivity index (χ2n) is 7.18. The van der Waals surface area contributed by atoms with E-state index in [1.165, 1.54) is 23.1 Å². The molecule has 1 aliphatic heterocycles. The summed E-state index contributed by atoms with van der Waals surface area (Å²) in [6, 6.07) is 18.5. The first-order valence-corrected chi connectivity index (χ1v) is 10.6. The van der Waals surface area contributed by atoms with Crippen molar-refractivity contribution in [3.05, 3.63) is 54.6 Å². The minimum atomic E-state index is -0.207. The summed E-state index contributed by atoms with van der Waals surface area (Å²) in [4.78, 5) is 15.8. The number of likely N-dealkylation sites (tertiary alicyclic amines) is 1. The second-order valence-corrected chi connectivity index (χ2v) is 8.09. The van der Waals surface area contributed by atoms with Crippen LogP contribution in [0.25, 0.3) is 11.1 Å². The lowest BCUT2D eigenvalue weighted by Gasteiger charge is -2.33. The summed E-state index contributed by atoms with van der Waals surface area (Å²) in [6.45, 7) is 4.39. The molecule has 0 spiro atoms. The number of benzene rings is 2. The van der Waals surface area contributed by atoms with Crippen LogP contribution in [0, 0.1) is 5.92 Å². The number of nitrogens with one attached hydrogen (secondary N) is 1. The van der Waals surface area contributed by atoms with Crippen molar-refractivity contribution in [3.63, 3.8) is 0 Å². The van der Waals surface area contributed by atoms with E-state index < -0.39 is 0 Å². The molecule has 144 valence electrons. The zero-order valence-electron chi connectivity index (χ0n) is 15.9. The van der Waals surface area contributed by atoms with Gasteiger partial charge in [0.15, 0.2) is 0 Å². The summed E-state index contributed by atoms with van der Waals surface area (Å²) in [5.41, 5.74) is 8.03. The third-order valence-electron chi connectivity index (χ3n) is 5.17. The lowest BCUT2D eigenvalue weighted by molar-refractivity contribution is -0.133. The highest BCUT2D eigenvalue weighted by atomic mass is 32.2. The van der Waals surface area contributed by atoms with E-state index in [0.29, 0.717) is 5.92 Å². The lowest BCUT2D eigenvalue weighted by atomic mass is 9.93. The average molecular weight is 384 g/mol. The van der Waals surface area contributed by atoms with Gasteiger partial charge >= 0.3 is 0 Å². The fraction of sp³-hybridized carbons (Fsp3) is 0.409. The maximum Gasteiger partial charge on any atom is 0.240 e.